The number of ketones is 1. The number of piperidine rings is 2. The van der Waals surface area contributed by atoms with E-state index in [0.29, 0.717) is 11.6 Å². The fraction of sp³-hybridized carbons (Fsp3) is 0.424. The zero-order valence-corrected chi connectivity index (χ0v) is 24.9. The normalized spacial score (nSPS) is 17.7. The number of phenols is 2. The molecule has 224 valence electrons. The van der Waals surface area contributed by atoms with Crippen LogP contribution in [-0.2, 0) is 16.4 Å². The van der Waals surface area contributed by atoms with E-state index in [2.05, 4.69) is 41.0 Å². The highest BCUT2D eigenvalue weighted by Crippen LogP contribution is 2.31. The van der Waals surface area contributed by atoms with E-state index in [1.807, 2.05) is 0 Å². The molecule has 0 amide bonds. The van der Waals surface area contributed by atoms with Crippen molar-refractivity contribution < 1.29 is 28.2 Å². The summed E-state index contributed by atoms with van der Waals surface area (Å²) in [6, 6.07) is 18.4. The van der Waals surface area contributed by atoms with Gasteiger partial charge in [-0.2, -0.15) is 0 Å². The number of carbonyl (C=O) groups is 1. The van der Waals surface area contributed by atoms with Gasteiger partial charge < -0.3 is 19.8 Å². The van der Waals surface area contributed by atoms with E-state index in [-0.39, 0.29) is 27.2 Å². The third kappa shape index (κ3) is 6.97. The van der Waals surface area contributed by atoms with Crippen LogP contribution in [0.2, 0.25) is 0 Å². The Morgan fingerprint density at radius 3 is 2.10 bits per heavy atom. The van der Waals surface area contributed by atoms with Crippen molar-refractivity contribution >= 4 is 15.6 Å². The average molecular weight is 593 g/mol. The maximum absolute atomic E-state index is 13.2. The monoisotopic (exact) mass is 592 g/mol. The van der Waals surface area contributed by atoms with Gasteiger partial charge in [-0.25, -0.2) is 8.42 Å². The van der Waals surface area contributed by atoms with Crippen molar-refractivity contribution in [1.29, 1.82) is 0 Å². The van der Waals surface area contributed by atoms with Crippen LogP contribution in [0.15, 0.2) is 76.5 Å². The smallest absolute Gasteiger partial charge is 0.206 e. The minimum atomic E-state index is -3.89. The standard InChI is InChI=1S/C33H40N2O6S/c1-2-21-41-28-7-3-24(4-8-28)23-34-17-15-27(16-18-34)35-19-13-26(14-20-35)33(38)25-5-9-29(10-6-25)42(39,40)30-11-12-31(36)32(37)22-30/h3-12,22,26-27,36-37H,2,13-21,23H2,1H3. The molecule has 2 saturated heterocycles. The summed E-state index contributed by atoms with van der Waals surface area (Å²) in [4.78, 5) is 18.2. The Balaban J connectivity index is 1.09. The molecule has 0 bridgehead atoms. The third-order valence-corrected chi connectivity index (χ3v) is 10.2. The van der Waals surface area contributed by atoms with E-state index in [4.69, 9.17) is 4.74 Å². The van der Waals surface area contributed by atoms with Crippen LogP contribution in [0.4, 0.5) is 0 Å². The Hall–Kier alpha value is -3.40. The minimum Gasteiger partial charge on any atom is -0.504 e. The molecule has 2 aliphatic heterocycles. The first kappa shape index (κ1) is 30.1. The van der Waals surface area contributed by atoms with Crippen LogP contribution in [-0.4, -0.2) is 73.0 Å². The molecular formula is C33H40N2O6S. The molecule has 0 aromatic heterocycles. The minimum absolute atomic E-state index is 0.0308. The number of Topliss-reactive ketones (excluding diaryl/α,β-unsaturated/α-hetero) is 1. The number of phenolic OH excluding ortho intramolecular Hbond substituents is 2. The van der Waals surface area contributed by atoms with E-state index >= 15 is 0 Å². The zero-order valence-electron chi connectivity index (χ0n) is 24.1. The molecule has 9 heteroatoms. The number of ether oxygens (including phenoxy) is 1. The predicted octanol–water partition coefficient (Wildman–Crippen LogP) is 5.28. The Labute approximate surface area is 248 Å². The van der Waals surface area contributed by atoms with Gasteiger partial charge in [-0.15, -0.1) is 0 Å². The topological polar surface area (TPSA) is 107 Å². The predicted molar refractivity (Wildman–Crippen MR) is 161 cm³/mol. The lowest BCUT2D eigenvalue weighted by molar-refractivity contribution is 0.0640. The number of rotatable bonds is 10. The molecular weight excluding hydrogens is 552 g/mol. The molecule has 0 spiro atoms. The maximum atomic E-state index is 13.2. The zero-order chi connectivity index (χ0) is 29.7. The molecule has 2 fully saturated rings. The Kier molecular flexibility index (Phi) is 9.50. The van der Waals surface area contributed by atoms with Gasteiger partial charge >= 0.3 is 0 Å². The summed E-state index contributed by atoms with van der Waals surface area (Å²) >= 11 is 0. The number of likely N-dealkylation sites (tertiary alicyclic amines) is 2. The Morgan fingerprint density at radius 1 is 0.833 bits per heavy atom. The third-order valence-electron chi connectivity index (χ3n) is 8.48. The van der Waals surface area contributed by atoms with Crippen LogP contribution in [0.3, 0.4) is 0 Å². The van der Waals surface area contributed by atoms with Gasteiger partial charge in [0, 0.05) is 30.1 Å². The number of aromatic hydroxyl groups is 2. The molecule has 0 aliphatic carbocycles. The first-order valence-corrected chi connectivity index (χ1v) is 16.3. The largest absolute Gasteiger partial charge is 0.504 e. The molecule has 0 radical (unpaired) electrons. The second-order valence-electron chi connectivity index (χ2n) is 11.4. The van der Waals surface area contributed by atoms with Gasteiger partial charge in [0.15, 0.2) is 17.3 Å². The van der Waals surface area contributed by atoms with Gasteiger partial charge in [-0.1, -0.05) is 31.2 Å². The highest BCUT2D eigenvalue weighted by molar-refractivity contribution is 7.91. The van der Waals surface area contributed by atoms with Crippen LogP contribution >= 0.6 is 0 Å². The van der Waals surface area contributed by atoms with Crippen molar-refractivity contribution in [2.45, 2.75) is 61.4 Å². The molecule has 3 aromatic carbocycles. The van der Waals surface area contributed by atoms with E-state index in [1.54, 1.807) is 12.1 Å². The quantitative estimate of drug-likeness (QED) is 0.242. The molecule has 8 nitrogen and oxygen atoms in total. The number of nitrogens with zero attached hydrogens (tertiary/aromatic N) is 2. The van der Waals surface area contributed by atoms with Crippen LogP contribution in [0, 0.1) is 5.92 Å². The van der Waals surface area contributed by atoms with Gasteiger partial charge in [0.2, 0.25) is 9.84 Å². The van der Waals surface area contributed by atoms with Crippen molar-refractivity contribution in [3.05, 3.63) is 77.9 Å². The first-order chi connectivity index (χ1) is 20.2. The lowest BCUT2D eigenvalue weighted by Gasteiger charge is -2.41. The lowest BCUT2D eigenvalue weighted by Crippen LogP contribution is -2.48. The molecule has 0 unspecified atom stereocenters. The van der Waals surface area contributed by atoms with Crippen molar-refractivity contribution in [2.24, 2.45) is 5.92 Å². The second-order valence-corrected chi connectivity index (χ2v) is 13.3. The summed E-state index contributed by atoms with van der Waals surface area (Å²) in [5, 5.41) is 19.2. The highest BCUT2D eigenvalue weighted by Gasteiger charge is 2.31. The highest BCUT2D eigenvalue weighted by atomic mass is 32.2. The van der Waals surface area contributed by atoms with Crippen LogP contribution in [0.5, 0.6) is 17.2 Å². The first-order valence-electron chi connectivity index (χ1n) is 14.8. The summed E-state index contributed by atoms with van der Waals surface area (Å²) in [6.07, 6.45) is 4.87. The van der Waals surface area contributed by atoms with Gasteiger partial charge in [0.05, 0.1) is 16.4 Å². The van der Waals surface area contributed by atoms with E-state index in [1.165, 1.54) is 23.8 Å². The number of hydrogen-bond acceptors (Lipinski definition) is 8. The van der Waals surface area contributed by atoms with Crippen molar-refractivity contribution in [3.8, 4) is 17.2 Å². The Bertz CT molecular complexity index is 1460. The lowest BCUT2D eigenvalue weighted by atomic mass is 9.87. The average Bonchev–Trinajstić information content (AvgIpc) is 3.02. The van der Waals surface area contributed by atoms with Gasteiger partial charge in [-0.05, 0) is 100 Å². The SMILES string of the molecule is CCCOc1ccc(CN2CCC(N3CCC(C(=O)c4ccc(S(=O)(=O)c5ccc(O)c(O)c5)cc4)CC3)CC2)cc1. The molecule has 0 saturated carbocycles. The number of benzene rings is 3. The summed E-state index contributed by atoms with van der Waals surface area (Å²) < 4.78 is 31.6. The van der Waals surface area contributed by atoms with E-state index < -0.39 is 15.6 Å². The fourth-order valence-corrected chi connectivity index (χ4v) is 7.26. The fourth-order valence-electron chi connectivity index (χ4n) is 5.98. The van der Waals surface area contributed by atoms with Crippen LogP contribution in [0.1, 0.15) is 54.9 Å². The van der Waals surface area contributed by atoms with Gasteiger partial charge in [-0.3, -0.25) is 9.69 Å². The summed E-state index contributed by atoms with van der Waals surface area (Å²) in [6.45, 7) is 7.74. The van der Waals surface area contributed by atoms with Crippen LogP contribution < -0.4 is 4.74 Å². The summed E-state index contributed by atoms with van der Waals surface area (Å²) in [5.74, 6) is 0.0309. The molecule has 0 atom stereocenters. The van der Waals surface area contributed by atoms with E-state index in [9.17, 15) is 23.4 Å². The summed E-state index contributed by atoms with van der Waals surface area (Å²) in [7, 11) is -3.89. The van der Waals surface area contributed by atoms with Crippen molar-refractivity contribution in [3.63, 3.8) is 0 Å². The second kappa shape index (κ2) is 13.3. The van der Waals surface area contributed by atoms with Crippen molar-refractivity contribution in [1.82, 2.24) is 9.80 Å². The molecule has 2 aliphatic rings. The maximum Gasteiger partial charge on any atom is 0.206 e. The van der Waals surface area contributed by atoms with Crippen molar-refractivity contribution in [2.75, 3.05) is 32.8 Å². The van der Waals surface area contributed by atoms with Gasteiger partial charge in [0.25, 0.3) is 0 Å². The number of sulfone groups is 1. The molecule has 42 heavy (non-hydrogen) atoms. The molecule has 2 heterocycles. The Morgan fingerprint density at radius 2 is 1.48 bits per heavy atom. The number of carbonyl (C=O) groups excluding carboxylic acids is 1. The summed E-state index contributed by atoms with van der Waals surface area (Å²) in [5.41, 5.74) is 1.82. The number of hydrogen-bond donors (Lipinski definition) is 2. The molecule has 5 rings (SSSR count). The van der Waals surface area contributed by atoms with E-state index in [0.717, 1.165) is 89.3 Å². The van der Waals surface area contributed by atoms with Crippen LogP contribution in [0.25, 0.3) is 0 Å². The molecule has 3 aromatic rings. The molecule has 2 N–H and O–H groups in total. The van der Waals surface area contributed by atoms with Gasteiger partial charge in [0.1, 0.15) is 5.75 Å².